The Kier molecular flexibility index (Phi) is 5.34. The number of nitrogens with zero attached hydrogens (tertiary/aromatic N) is 2. The Morgan fingerprint density at radius 1 is 1.07 bits per heavy atom. The van der Waals surface area contributed by atoms with Crippen molar-refractivity contribution in [1.82, 2.24) is 10.2 Å². The Morgan fingerprint density at radius 3 is 2.54 bits per heavy atom. The fourth-order valence-electron chi connectivity index (χ4n) is 3.57. The zero-order valence-corrected chi connectivity index (χ0v) is 15.9. The number of carbonyl (C=O) groups is 1. The summed E-state index contributed by atoms with van der Waals surface area (Å²) in [5.74, 6) is 1.23. The van der Waals surface area contributed by atoms with Crippen LogP contribution >= 0.6 is 0 Å². The van der Waals surface area contributed by atoms with E-state index < -0.39 is 0 Å². The van der Waals surface area contributed by atoms with Gasteiger partial charge in [-0.1, -0.05) is 6.07 Å². The average molecular weight is 385 g/mol. The van der Waals surface area contributed by atoms with Crippen LogP contribution in [0.25, 0.3) is 0 Å². The highest BCUT2D eigenvalue weighted by molar-refractivity contribution is 5.78. The van der Waals surface area contributed by atoms with Gasteiger partial charge in [-0.2, -0.15) is 0 Å². The van der Waals surface area contributed by atoms with Crippen molar-refractivity contribution in [2.45, 2.75) is 13.0 Å². The van der Waals surface area contributed by atoms with E-state index in [2.05, 4.69) is 15.1 Å². The SMILES string of the molecule is C[C@@H](NC(=O)CN1CCN(c2ccc(F)cc2)CC1)c1ccc2c(c1)OCO2. The monoisotopic (exact) mass is 385 g/mol. The van der Waals surface area contributed by atoms with Gasteiger partial charge in [-0.15, -0.1) is 0 Å². The van der Waals surface area contributed by atoms with Crippen LogP contribution in [0.4, 0.5) is 10.1 Å². The van der Waals surface area contributed by atoms with Gasteiger partial charge in [0.2, 0.25) is 12.7 Å². The highest BCUT2D eigenvalue weighted by Crippen LogP contribution is 2.34. The number of ether oxygens (including phenoxy) is 2. The van der Waals surface area contributed by atoms with Crippen molar-refractivity contribution >= 4 is 11.6 Å². The van der Waals surface area contributed by atoms with E-state index in [1.807, 2.05) is 25.1 Å². The molecule has 6 nitrogen and oxygen atoms in total. The van der Waals surface area contributed by atoms with Gasteiger partial charge in [0.15, 0.2) is 11.5 Å². The Bertz CT molecular complexity index is 835. The van der Waals surface area contributed by atoms with Gasteiger partial charge < -0.3 is 19.7 Å². The van der Waals surface area contributed by atoms with E-state index in [0.29, 0.717) is 6.54 Å². The molecule has 2 heterocycles. The van der Waals surface area contributed by atoms with Crippen molar-refractivity contribution in [3.8, 4) is 11.5 Å². The summed E-state index contributed by atoms with van der Waals surface area (Å²) < 4.78 is 23.8. The van der Waals surface area contributed by atoms with Crippen LogP contribution in [-0.4, -0.2) is 50.3 Å². The summed E-state index contributed by atoms with van der Waals surface area (Å²) in [6.07, 6.45) is 0. The third kappa shape index (κ3) is 4.20. The number of rotatable bonds is 5. The number of halogens is 1. The summed E-state index contributed by atoms with van der Waals surface area (Å²) in [6, 6.07) is 12.2. The predicted octanol–water partition coefficient (Wildman–Crippen LogP) is 2.55. The zero-order chi connectivity index (χ0) is 19.5. The van der Waals surface area contributed by atoms with Crippen LogP contribution in [0.3, 0.4) is 0 Å². The number of nitrogens with one attached hydrogen (secondary N) is 1. The molecule has 28 heavy (non-hydrogen) atoms. The molecule has 0 bridgehead atoms. The predicted molar refractivity (Wildman–Crippen MR) is 104 cm³/mol. The van der Waals surface area contributed by atoms with Gasteiger partial charge in [0.1, 0.15) is 5.82 Å². The van der Waals surface area contributed by atoms with Crippen LogP contribution in [0.15, 0.2) is 42.5 Å². The second-order valence-electron chi connectivity index (χ2n) is 7.14. The molecule has 0 spiro atoms. The molecule has 0 aromatic heterocycles. The molecule has 4 rings (SSSR count). The number of benzene rings is 2. The maximum absolute atomic E-state index is 13.1. The van der Waals surface area contributed by atoms with Crippen LogP contribution in [0.1, 0.15) is 18.5 Å². The first kappa shape index (κ1) is 18.6. The van der Waals surface area contributed by atoms with Crippen molar-refractivity contribution in [2.24, 2.45) is 0 Å². The van der Waals surface area contributed by atoms with Gasteiger partial charge in [-0.05, 0) is 48.9 Å². The molecule has 0 saturated carbocycles. The first-order valence-electron chi connectivity index (χ1n) is 9.50. The van der Waals surface area contributed by atoms with E-state index in [0.717, 1.165) is 48.9 Å². The maximum atomic E-state index is 13.1. The number of fused-ring (bicyclic) bond motifs is 1. The smallest absolute Gasteiger partial charge is 0.234 e. The summed E-state index contributed by atoms with van der Waals surface area (Å²) in [7, 11) is 0. The molecule has 2 aromatic carbocycles. The van der Waals surface area contributed by atoms with E-state index >= 15 is 0 Å². The molecule has 2 aromatic rings. The highest BCUT2D eigenvalue weighted by atomic mass is 19.1. The number of hydrogen-bond donors (Lipinski definition) is 1. The molecule has 1 atom stereocenters. The number of piperazine rings is 1. The minimum absolute atomic E-state index is 0.000369. The average Bonchev–Trinajstić information content (AvgIpc) is 3.17. The number of carbonyl (C=O) groups excluding carboxylic acids is 1. The lowest BCUT2D eigenvalue weighted by Gasteiger charge is -2.35. The number of anilines is 1. The summed E-state index contributed by atoms with van der Waals surface area (Å²) in [4.78, 5) is 16.8. The largest absolute Gasteiger partial charge is 0.454 e. The minimum atomic E-state index is -0.226. The topological polar surface area (TPSA) is 54.0 Å². The molecule has 1 N–H and O–H groups in total. The van der Waals surface area contributed by atoms with Gasteiger partial charge in [-0.25, -0.2) is 4.39 Å². The fraction of sp³-hybridized carbons (Fsp3) is 0.381. The van der Waals surface area contributed by atoms with Crippen LogP contribution < -0.4 is 19.7 Å². The second-order valence-corrected chi connectivity index (χ2v) is 7.14. The molecule has 0 radical (unpaired) electrons. The summed E-state index contributed by atoms with van der Waals surface area (Å²) in [6.45, 7) is 5.79. The second kappa shape index (κ2) is 8.06. The van der Waals surface area contributed by atoms with Gasteiger partial charge in [0, 0.05) is 31.9 Å². The number of amides is 1. The van der Waals surface area contributed by atoms with Crippen molar-refractivity contribution in [3.63, 3.8) is 0 Å². The fourth-order valence-corrected chi connectivity index (χ4v) is 3.57. The van der Waals surface area contributed by atoms with Gasteiger partial charge in [0.05, 0.1) is 12.6 Å². The molecule has 0 aliphatic carbocycles. The van der Waals surface area contributed by atoms with E-state index in [1.54, 1.807) is 12.1 Å². The van der Waals surface area contributed by atoms with Gasteiger partial charge in [-0.3, -0.25) is 9.69 Å². The summed E-state index contributed by atoms with van der Waals surface area (Å²) >= 11 is 0. The van der Waals surface area contributed by atoms with E-state index in [-0.39, 0.29) is 24.6 Å². The molecule has 0 unspecified atom stereocenters. The Balaban J connectivity index is 1.26. The first-order chi connectivity index (χ1) is 13.6. The standard InChI is InChI=1S/C21H24FN3O3/c1-15(16-2-7-19-20(12-16)28-14-27-19)23-21(26)13-24-8-10-25(11-9-24)18-5-3-17(22)4-6-18/h2-7,12,15H,8-11,13-14H2,1H3,(H,23,26)/t15-/m1/s1. The van der Waals surface area contributed by atoms with Crippen molar-refractivity contribution < 1.29 is 18.7 Å². The zero-order valence-electron chi connectivity index (χ0n) is 15.9. The lowest BCUT2D eigenvalue weighted by atomic mass is 10.1. The van der Waals surface area contributed by atoms with Crippen molar-refractivity contribution in [2.75, 3.05) is 44.4 Å². The van der Waals surface area contributed by atoms with E-state index in [4.69, 9.17) is 9.47 Å². The quantitative estimate of drug-likeness (QED) is 0.857. The first-order valence-corrected chi connectivity index (χ1v) is 9.50. The van der Waals surface area contributed by atoms with Crippen molar-refractivity contribution in [3.05, 3.63) is 53.8 Å². The summed E-state index contributed by atoms with van der Waals surface area (Å²) in [5.41, 5.74) is 2.00. The highest BCUT2D eigenvalue weighted by Gasteiger charge is 2.21. The summed E-state index contributed by atoms with van der Waals surface area (Å²) in [5, 5.41) is 3.05. The molecule has 148 valence electrons. The minimum Gasteiger partial charge on any atom is -0.454 e. The molecule has 1 amide bonds. The molecular formula is C21H24FN3O3. The molecule has 1 saturated heterocycles. The van der Waals surface area contributed by atoms with Crippen LogP contribution in [0.5, 0.6) is 11.5 Å². The maximum Gasteiger partial charge on any atom is 0.234 e. The Morgan fingerprint density at radius 2 is 1.79 bits per heavy atom. The van der Waals surface area contributed by atoms with Crippen molar-refractivity contribution in [1.29, 1.82) is 0 Å². The number of hydrogen-bond acceptors (Lipinski definition) is 5. The molecule has 7 heteroatoms. The molecule has 1 fully saturated rings. The Hall–Kier alpha value is -2.80. The third-order valence-electron chi connectivity index (χ3n) is 5.21. The normalized spacial score (nSPS) is 17.4. The van der Waals surface area contributed by atoms with E-state index in [9.17, 15) is 9.18 Å². The molecule has 2 aliphatic heterocycles. The molecular weight excluding hydrogens is 361 g/mol. The van der Waals surface area contributed by atoms with Gasteiger partial charge in [0.25, 0.3) is 0 Å². The van der Waals surface area contributed by atoms with Gasteiger partial charge >= 0.3 is 0 Å². The third-order valence-corrected chi connectivity index (χ3v) is 5.21. The van der Waals surface area contributed by atoms with Crippen LogP contribution in [0, 0.1) is 5.82 Å². The molecule has 2 aliphatic rings. The van der Waals surface area contributed by atoms with E-state index in [1.165, 1.54) is 12.1 Å². The lowest BCUT2D eigenvalue weighted by Crippen LogP contribution is -2.49. The Labute approximate surface area is 163 Å². The lowest BCUT2D eigenvalue weighted by molar-refractivity contribution is -0.123. The van der Waals surface area contributed by atoms with Crippen LogP contribution in [0.2, 0.25) is 0 Å². The van der Waals surface area contributed by atoms with Crippen LogP contribution in [-0.2, 0) is 4.79 Å².